The molecule has 0 saturated carbocycles. The van der Waals surface area contributed by atoms with E-state index in [4.69, 9.17) is 0 Å². The van der Waals surface area contributed by atoms with Gasteiger partial charge in [0.05, 0.1) is 5.69 Å². The molecule has 0 spiro atoms. The lowest BCUT2D eigenvalue weighted by molar-refractivity contribution is 0.409. The van der Waals surface area contributed by atoms with Crippen LogP contribution in [0.1, 0.15) is 26.0 Å². The molecule has 16 heavy (non-hydrogen) atoms. The maximum atomic E-state index is 11.5. The lowest BCUT2D eigenvalue weighted by Crippen LogP contribution is -2.30. The average molecular weight is 223 g/mol. The summed E-state index contributed by atoms with van der Waals surface area (Å²) >= 11 is 0. The van der Waals surface area contributed by atoms with Gasteiger partial charge in [0, 0.05) is 12.6 Å². The molecule has 1 rings (SSSR count). The van der Waals surface area contributed by atoms with Crippen molar-refractivity contribution >= 4 is 0 Å². The zero-order valence-corrected chi connectivity index (χ0v) is 10.4. The van der Waals surface area contributed by atoms with Crippen molar-refractivity contribution in [3.8, 4) is 0 Å². The highest BCUT2D eigenvalue weighted by Crippen LogP contribution is 1.96. The van der Waals surface area contributed by atoms with Gasteiger partial charge in [-0.3, -0.25) is 4.79 Å². The summed E-state index contributed by atoms with van der Waals surface area (Å²) < 4.78 is 1.55. The molecule has 4 heteroatoms. The van der Waals surface area contributed by atoms with Crippen LogP contribution in [0.15, 0.2) is 16.9 Å². The number of nitrogens with one attached hydrogen (secondary N) is 1. The predicted molar refractivity (Wildman–Crippen MR) is 65.6 cm³/mol. The molecule has 0 radical (unpaired) electrons. The Balaban J connectivity index is 2.52. The summed E-state index contributed by atoms with van der Waals surface area (Å²) in [6, 6.07) is 3.33. The summed E-state index contributed by atoms with van der Waals surface area (Å²) in [5.74, 6) is 0.415. The molecule has 0 aliphatic carbocycles. The second-order valence-corrected chi connectivity index (χ2v) is 4.30. The van der Waals surface area contributed by atoms with E-state index in [0.29, 0.717) is 12.5 Å². The Labute approximate surface area is 96.7 Å². The molecule has 0 bridgehead atoms. The molecule has 90 valence electrons. The molecule has 1 aromatic rings. The molecule has 0 amide bonds. The minimum atomic E-state index is -0.0204. The van der Waals surface area contributed by atoms with Crippen LogP contribution in [0.25, 0.3) is 0 Å². The van der Waals surface area contributed by atoms with Crippen LogP contribution in [-0.4, -0.2) is 22.9 Å². The van der Waals surface area contributed by atoms with E-state index >= 15 is 0 Å². The largest absolute Gasteiger partial charge is 0.316 e. The smallest absolute Gasteiger partial charge is 0.266 e. The van der Waals surface area contributed by atoms with Gasteiger partial charge < -0.3 is 5.32 Å². The minimum absolute atomic E-state index is 0.0204. The Morgan fingerprint density at radius 2 is 2.25 bits per heavy atom. The van der Waals surface area contributed by atoms with Gasteiger partial charge in [0.2, 0.25) is 0 Å². The highest BCUT2D eigenvalue weighted by Gasteiger charge is 2.05. The molecule has 1 atom stereocenters. The van der Waals surface area contributed by atoms with E-state index in [1.807, 2.05) is 6.92 Å². The second-order valence-electron chi connectivity index (χ2n) is 4.30. The molecule has 0 aliphatic heterocycles. The topological polar surface area (TPSA) is 46.9 Å². The number of rotatable bonds is 6. The molecule has 4 nitrogen and oxygen atoms in total. The van der Waals surface area contributed by atoms with E-state index in [2.05, 4.69) is 24.3 Å². The third kappa shape index (κ3) is 4.14. The van der Waals surface area contributed by atoms with Crippen LogP contribution in [-0.2, 0) is 6.54 Å². The van der Waals surface area contributed by atoms with Gasteiger partial charge in [-0.15, -0.1) is 0 Å². The van der Waals surface area contributed by atoms with Gasteiger partial charge in [0.1, 0.15) is 0 Å². The molecule has 0 aliphatic rings. The van der Waals surface area contributed by atoms with Gasteiger partial charge >= 0.3 is 0 Å². The van der Waals surface area contributed by atoms with E-state index in [1.54, 1.807) is 16.8 Å². The van der Waals surface area contributed by atoms with Gasteiger partial charge in [-0.2, -0.15) is 5.10 Å². The minimum Gasteiger partial charge on any atom is -0.316 e. The number of hydrogen-bond acceptors (Lipinski definition) is 3. The molecule has 0 saturated heterocycles. The van der Waals surface area contributed by atoms with Gasteiger partial charge in [-0.25, -0.2) is 4.68 Å². The summed E-state index contributed by atoms with van der Waals surface area (Å²) in [4.78, 5) is 11.5. The normalized spacial score (nSPS) is 12.7. The molecule has 1 aromatic heterocycles. The van der Waals surface area contributed by atoms with E-state index in [1.165, 1.54) is 0 Å². The third-order valence-corrected chi connectivity index (χ3v) is 2.40. The van der Waals surface area contributed by atoms with Gasteiger partial charge in [-0.1, -0.05) is 13.8 Å². The summed E-state index contributed by atoms with van der Waals surface area (Å²) in [5, 5.41) is 7.56. The Morgan fingerprint density at radius 1 is 1.50 bits per heavy atom. The van der Waals surface area contributed by atoms with Crippen LogP contribution in [0.3, 0.4) is 0 Å². The number of aromatic nitrogens is 2. The van der Waals surface area contributed by atoms with E-state index in [-0.39, 0.29) is 5.56 Å². The lowest BCUT2D eigenvalue weighted by atomic mass is 10.2. The van der Waals surface area contributed by atoms with Crippen molar-refractivity contribution in [3.05, 3.63) is 28.2 Å². The van der Waals surface area contributed by atoms with Crippen LogP contribution < -0.4 is 10.9 Å². The van der Waals surface area contributed by atoms with Gasteiger partial charge in [0.15, 0.2) is 0 Å². The zero-order valence-electron chi connectivity index (χ0n) is 10.4. The van der Waals surface area contributed by atoms with Crippen molar-refractivity contribution in [3.63, 3.8) is 0 Å². The highest BCUT2D eigenvalue weighted by molar-refractivity contribution is 4.97. The van der Waals surface area contributed by atoms with Crippen LogP contribution >= 0.6 is 0 Å². The first kappa shape index (κ1) is 12.9. The maximum absolute atomic E-state index is 11.5. The van der Waals surface area contributed by atoms with Crippen molar-refractivity contribution in [2.45, 2.75) is 33.7 Å². The monoisotopic (exact) mass is 223 g/mol. The molecule has 0 aromatic carbocycles. The van der Waals surface area contributed by atoms with Crippen molar-refractivity contribution in [2.75, 3.05) is 13.1 Å². The van der Waals surface area contributed by atoms with Crippen molar-refractivity contribution in [1.29, 1.82) is 0 Å². The third-order valence-electron chi connectivity index (χ3n) is 2.40. The fourth-order valence-corrected chi connectivity index (χ4v) is 1.57. The first-order chi connectivity index (χ1) is 7.63. The van der Waals surface area contributed by atoms with Crippen molar-refractivity contribution in [1.82, 2.24) is 15.1 Å². The van der Waals surface area contributed by atoms with Crippen LogP contribution in [0.2, 0.25) is 0 Å². The Hall–Kier alpha value is -1.16. The molecule has 0 fully saturated rings. The van der Waals surface area contributed by atoms with Crippen LogP contribution in [0, 0.1) is 12.8 Å². The van der Waals surface area contributed by atoms with Crippen LogP contribution in [0.5, 0.6) is 0 Å². The Kier molecular flexibility index (Phi) is 5.19. The van der Waals surface area contributed by atoms with Crippen molar-refractivity contribution < 1.29 is 0 Å². The van der Waals surface area contributed by atoms with E-state index < -0.39 is 0 Å². The fraction of sp³-hybridized carbons (Fsp3) is 0.667. The summed E-state index contributed by atoms with van der Waals surface area (Å²) in [7, 11) is 0. The summed E-state index contributed by atoms with van der Waals surface area (Å²) in [5.41, 5.74) is 0.862. The summed E-state index contributed by atoms with van der Waals surface area (Å²) in [6.07, 6.45) is 1.13. The molecular weight excluding hydrogens is 202 g/mol. The Morgan fingerprint density at radius 3 is 2.94 bits per heavy atom. The van der Waals surface area contributed by atoms with Crippen molar-refractivity contribution in [2.24, 2.45) is 5.92 Å². The number of nitrogens with zero attached hydrogens (tertiary/aromatic N) is 2. The van der Waals surface area contributed by atoms with E-state index in [9.17, 15) is 4.79 Å². The molecule has 1 N–H and O–H groups in total. The SMILES string of the molecule is CCCNCC(C)Cn1nc(C)ccc1=O. The van der Waals surface area contributed by atoms with Crippen LogP contribution in [0.4, 0.5) is 0 Å². The number of hydrogen-bond donors (Lipinski definition) is 1. The summed E-state index contributed by atoms with van der Waals surface area (Å²) in [6.45, 7) is 8.80. The molecule has 1 heterocycles. The number of aryl methyl sites for hydroxylation is 1. The predicted octanol–water partition coefficient (Wildman–Crippen LogP) is 1.19. The average Bonchev–Trinajstić information content (AvgIpc) is 2.24. The van der Waals surface area contributed by atoms with E-state index in [0.717, 1.165) is 25.2 Å². The molecular formula is C12H21N3O. The quantitative estimate of drug-likeness (QED) is 0.737. The lowest BCUT2D eigenvalue weighted by Gasteiger charge is -2.13. The second kappa shape index (κ2) is 6.43. The molecule has 1 unspecified atom stereocenters. The standard InChI is InChI=1S/C12H21N3O/c1-4-7-13-8-10(2)9-15-12(16)6-5-11(3)14-15/h5-6,10,13H,4,7-9H2,1-3H3. The zero-order chi connectivity index (χ0) is 12.0. The first-order valence-electron chi connectivity index (χ1n) is 5.89. The fourth-order valence-electron chi connectivity index (χ4n) is 1.57. The van der Waals surface area contributed by atoms with Gasteiger partial charge in [-0.05, 0) is 38.4 Å². The maximum Gasteiger partial charge on any atom is 0.266 e. The van der Waals surface area contributed by atoms with Gasteiger partial charge in [0.25, 0.3) is 5.56 Å². The first-order valence-corrected chi connectivity index (χ1v) is 5.89. The Bertz CT molecular complexity index is 373. The highest BCUT2D eigenvalue weighted by atomic mass is 16.1.